The highest BCUT2D eigenvalue weighted by molar-refractivity contribution is 5.93. The maximum absolute atomic E-state index is 12.8. The number of hydrogen-bond donors (Lipinski definition) is 1. The predicted molar refractivity (Wildman–Crippen MR) is 107 cm³/mol. The van der Waals surface area contributed by atoms with E-state index in [0.29, 0.717) is 11.6 Å². The molecule has 0 bridgehead atoms. The fourth-order valence-electron chi connectivity index (χ4n) is 3.40. The van der Waals surface area contributed by atoms with Crippen molar-refractivity contribution in [2.75, 3.05) is 18.4 Å². The molecule has 1 aromatic carbocycles. The van der Waals surface area contributed by atoms with Gasteiger partial charge in [-0.1, -0.05) is 45.9 Å². The minimum atomic E-state index is 0.0321. The van der Waals surface area contributed by atoms with Crippen LogP contribution in [0.15, 0.2) is 42.6 Å². The summed E-state index contributed by atoms with van der Waals surface area (Å²) in [5, 5.41) is 3.47. The largest absolute Gasteiger partial charge is 0.355 e. The molecule has 0 saturated carbocycles. The Kier molecular flexibility index (Phi) is 5.30. The number of hydrogen-bond acceptors (Lipinski definition) is 3. The second kappa shape index (κ2) is 7.48. The third kappa shape index (κ3) is 4.24. The first-order valence-electron chi connectivity index (χ1n) is 9.46. The maximum Gasteiger partial charge on any atom is 0.272 e. The van der Waals surface area contributed by atoms with E-state index in [4.69, 9.17) is 0 Å². The summed E-state index contributed by atoms with van der Waals surface area (Å²) in [6.45, 7) is 10.5. The van der Waals surface area contributed by atoms with E-state index in [2.05, 4.69) is 56.2 Å². The summed E-state index contributed by atoms with van der Waals surface area (Å²) < 4.78 is 0. The van der Waals surface area contributed by atoms with E-state index in [9.17, 15) is 4.79 Å². The molecule has 4 heteroatoms. The van der Waals surface area contributed by atoms with Crippen LogP contribution in [0.5, 0.6) is 0 Å². The van der Waals surface area contributed by atoms with Gasteiger partial charge in [-0.3, -0.25) is 9.78 Å². The van der Waals surface area contributed by atoms with E-state index in [0.717, 1.165) is 37.3 Å². The quantitative estimate of drug-likeness (QED) is 0.847. The molecule has 3 rings (SSSR count). The summed E-state index contributed by atoms with van der Waals surface area (Å²) in [4.78, 5) is 19.0. The Balaban J connectivity index is 1.79. The van der Waals surface area contributed by atoms with Crippen molar-refractivity contribution in [3.63, 3.8) is 0 Å². The number of carbonyl (C=O) groups is 1. The Morgan fingerprint density at radius 2 is 1.85 bits per heavy atom. The number of benzene rings is 1. The number of nitrogens with zero attached hydrogens (tertiary/aromatic N) is 2. The van der Waals surface area contributed by atoms with Crippen molar-refractivity contribution >= 4 is 17.3 Å². The molecule has 0 radical (unpaired) electrons. The average Bonchev–Trinajstić information content (AvgIpc) is 2.61. The molecule has 138 valence electrons. The molecule has 2 heterocycles. The summed E-state index contributed by atoms with van der Waals surface area (Å²) in [5.41, 5.74) is 3.76. The van der Waals surface area contributed by atoms with E-state index >= 15 is 0 Å². The topological polar surface area (TPSA) is 45.2 Å². The van der Waals surface area contributed by atoms with Crippen molar-refractivity contribution in [1.29, 1.82) is 0 Å². The van der Waals surface area contributed by atoms with Gasteiger partial charge in [0.15, 0.2) is 0 Å². The molecule has 0 aliphatic carbocycles. The Labute approximate surface area is 156 Å². The number of para-hydroxylation sites is 1. The van der Waals surface area contributed by atoms with E-state index in [-0.39, 0.29) is 11.3 Å². The maximum atomic E-state index is 12.8. The molecule has 1 saturated heterocycles. The Bertz CT molecular complexity index is 771. The molecule has 2 aromatic rings. The van der Waals surface area contributed by atoms with Gasteiger partial charge in [0.25, 0.3) is 5.91 Å². The molecule has 1 amide bonds. The highest BCUT2D eigenvalue weighted by Gasteiger charge is 2.23. The van der Waals surface area contributed by atoms with Crippen LogP contribution in [0, 0.1) is 5.92 Å². The van der Waals surface area contributed by atoms with Crippen LogP contribution in [0.1, 0.15) is 56.6 Å². The molecule has 1 aromatic heterocycles. The standard InChI is InChI=1S/C22H29N3O/c1-16-10-13-25(14-11-16)21(26)20-15-17(9-12-23-20)24-19-8-6-5-7-18(19)22(2,3)4/h5-9,12,15-16H,10-11,13-14H2,1-4H3,(H,23,24). The lowest BCUT2D eigenvalue weighted by Gasteiger charge is -2.30. The Morgan fingerprint density at radius 1 is 1.15 bits per heavy atom. The molecule has 0 spiro atoms. The fraction of sp³-hybridized carbons (Fsp3) is 0.455. The lowest BCUT2D eigenvalue weighted by atomic mass is 9.86. The van der Waals surface area contributed by atoms with Crippen LogP contribution in [-0.2, 0) is 5.41 Å². The number of likely N-dealkylation sites (tertiary alicyclic amines) is 1. The summed E-state index contributed by atoms with van der Waals surface area (Å²) in [6.07, 6.45) is 3.85. The number of amides is 1. The predicted octanol–water partition coefficient (Wildman–Crippen LogP) is 4.99. The summed E-state index contributed by atoms with van der Waals surface area (Å²) in [5.74, 6) is 0.735. The van der Waals surface area contributed by atoms with Crippen molar-refractivity contribution in [3.05, 3.63) is 53.9 Å². The van der Waals surface area contributed by atoms with Crippen LogP contribution in [-0.4, -0.2) is 28.9 Å². The van der Waals surface area contributed by atoms with Crippen molar-refractivity contribution in [2.24, 2.45) is 5.92 Å². The van der Waals surface area contributed by atoms with Gasteiger partial charge in [-0.15, -0.1) is 0 Å². The van der Waals surface area contributed by atoms with E-state index in [1.807, 2.05) is 23.1 Å². The van der Waals surface area contributed by atoms with Crippen molar-refractivity contribution in [2.45, 2.75) is 46.0 Å². The zero-order chi connectivity index (χ0) is 18.7. The average molecular weight is 351 g/mol. The first kappa shape index (κ1) is 18.4. The van der Waals surface area contributed by atoms with Crippen molar-refractivity contribution < 1.29 is 4.79 Å². The molecule has 4 nitrogen and oxygen atoms in total. The number of aromatic nitrogens is 1. The summed E-state index contributed by atoms with van der Waals surface area (Å²) in [7, 11) is 0. The number of carbonyl (C=O) groups excluding carboxylic acids is 1. The number of nitrogens with one attached hydrogen (secondary N) is 1. The van der Waals surface area contributed by atoms with Gasteiger partial charge in [0.1, 0.15) is 5.69 Å². The molecular formula is C22H29N3O. The van der Waals surface area contributed by atoms with Gasteiger partial charge < -0.3 is 10.2 Å². The lowest BCUT2D eigenvalue weighted by Crippen LogP contribution is -2.38. The second-order valence-electron chi connectivity index (χ2n) is 8.33. The normalized spacial score (nSPS) is 15.8. The number of anilines is 2. The lowest BCUT2D eigenvalue weighted by molar-refractivity contribution is 0.0691. The third-order valence-corrected chi connectivity index (χ3v) is 5.06. The SMILES string of the molecule is CC1CCN(C(=O)c2cc(Nc3ccccc3C(C)(C)C)ccn2)CC1. The molecule has 0 atom stereocenters. The van der Waals surface area contributed by atoms with Crippen LogP contribution < -0.4 is 5.32 Å². The molecule has 1 N–H and O–H groups in total. The van der Waals surface area contributed by atoms with Crippen LogP contribution in [0.2, 0.25) is 0 Å². The monoisotopic (exact) mass is 351 g/mol. The Morgan fingerprint density at radius 3 is 2.54 bits per heavy atom. The minimum Gasteiger partial charge on any atom is -0.355 e. The first-order chi connectivity index (χ1) is 12.3. The molecule has 26 heavy (non-hydrogen) atoms. The molecule has 1 aliphatic rings. The third-order valence-electron chi connectivity index (χ3n) is 5.06. The van der Waals surface area contributed by atoms with Gasteiger partial charge in [-0.2, -0.15) is 0 Å². The Hall–Kier alpha value is -2.36. The van der Waals surface area contributed by atoms with E-state index < -0.39 is 0 Å². The molecule has 1 aliphatic heterocycles. The highest BCUT2D eigenvalue weighted by atomic mass is 16.2. The van der Waals surface area contributed by atoms with Crippen LogP contribution in [0.4, 0.5) is 11.4 Å². The molecule has 1 fully saturated rings. The van der Waals surface area contributed by atoms with Crippen LogP contribution in [0.3, 0.4) is 0 Å². The number of pyridine rings is 1. The van der Waals surface area contributed by atoms with E-state index in [1.165, 1.54) is 5.56 Å². The first-order valence-corrected chi connectivity index (χ1v) is 9.46. The van der Waals surface area contributed by atoms with Crippen LogP contribution >= 0.6 is 0 Å². The van der Waals surface area contributed by atoms with Crippen molar-refractivity contribution in [3.8, 4) is 0 Å². The molecule has 0 unspecified atom stereocenters. The van der Waals surface area contributed by atoms with Gasteiger partial charge >= 0.3 is 0 Å². The smallest absolute Gasteiger partial charge is 0.272 e. The van der Waals surface area contributed by atoms with Gasteiger partial charge in [0.2, 0.25) is 0 Å². The highest BCUT2D eigenvalue weighted by Crippen LogP contribution is 2.31. The van der Waals surface area contributed by atoms with Gasteiger partial charge in [0.05, 0.1) is 0 Å². The fourth-order valence-corrected chi connectivity index (χ4v) is 3.40. The van der Waals surface area contributed by atoms with Gasteiger partial charge in [0, 0.05) is 30.7 Å². The number of rotatable bonds is 3. The zero-order valence-corrected chi connectivity index (χ0v) is 16.2. The van der Waals surface area contributed by atoms with Crippen LogP contribution in [0.25, 0.3) is 0 Å². The second-order valence-corrected chi connectivity index (χ2v) is 8.33. The summed E-state index contributed by atoms with van der Waals surface area (Å²) in [6, 6.07) is 12.1. The van der Waals surface area contributed by atoms with Gasteiger partial charge in [-0.25, -0.2) is 0 Å². The summed E-state index contributed by atoms with van der Waals surface area (Å²) >= 11 is 0. The molecular weight excluding hydrogens is 322 g/mol. The number of piperidine rings is 1. The minimum absolute atomic E-state index is 0.0321. The van der Waals surface area contributed by atoms with Crippen molar-refractivity contribution in [1.82, 2.24) is 9.88 Å². The zero-order valence-electron chi connectivity index (χ0n) is 16.2. The van der Waals surface area contributed by atoms with E-state index in [1.54, 1.807) is 6.20 Å². The van der Waals surface area contributed by atoms with Gasteiger partial charge in [-0.05, 0) is 47.9 Å².